The number of β-amino-alcohol motifs (C(OH)–C–C–N with tert-alkyl or cyclic N) is 1. The van der Waals surface area contributed by atoms with E-state index in [2.05, 4.69) is 10.3 Å². The van der Waals surface area contributed by atoms with Gasteiger partial charge in [-0.2, -0.15) is 0 Å². The predicted octanol–water partition coefficient (Wildman–Crippen LogP) is 4.51. The molecule has 1 aromatic heterocycles. The van der Waals surface area contributed by atoms with Gasteiger partial charge < -0.3 is 15.3 Å². The summed E-state index contributed by atoms with van der Waals surface area (Å²) in [4.78, 5) is 46.0. The number of aliphatic hydroxyl groups is 1. The van der Waals surface area contributed by atoms with Crippen molar-refractivity contribution in [1.82, 2.24) is 15.2 Å². The Morgan fingerprint density at radius 2 is 1.92 bits per heavy atom. The third kappa shape index (κ3) is 6.72. The lowest BCUT2D eigenvalue weighted by Gasteiger charge is -2.35. The number of hydrogen-bond acceptors (Lipinski definition) is 6. The van der Waals surface area contributed by atoms with Crippen molar-refractivity contribution in [2.24, 2.45) is 11.3 Å². The van der Waals surface area contributed by atoms with Gasteiger partial charge in [-0.1, -0.05) is 45.0 Å². The first-order chi connectivity index (χ1) is 16.9. The van der Waals surface area contributed by atoms with E-state index < -0.39 is 23.5 Å². The fraction of sp³-hybridized carbons (Fsp3) is 0.556. The summed E-state index contributed by atoms with van der Waals surface area (Å²) in [7, 11) is 0. The molecule has 0 saturated carbocycles. The number of amides is 2. The lowest BCUT2D eigenvalue weighted by Crippen LogP contribution is -2.50. The highest BCUT2D eigenvalue weighted by molar-refractivity contribution is 7.13. The van der Waals surface area contributed by atoms with E-state index in [1.807, 2.05) is 64.4 Å². The molecular formula is C27H36ClN3O4S. The van der Waals surface area contributed by atoms with Gasteiger partial charge in [0.05, 0.1) is 28.2 Å². The lowest BCUT2D eigenvalue weighted by atomic mass is 9.76. The van der Waals surface area contributed by atoms with Gasteiger partial charge in [0.15, 0.2) is 0 Å². The van der Waals surface area contributed by atoms with E-state index in [-0.39, 0.29) is 55.3 Å². The van der Waals surface area contributed by atoms with Crippen LogP contribution in [0.15, 0.2) is 29.8 Å². The molecule has 0 unspecified atom stereocenters. The van der Waals surface area contributed by atoms with Crippen LogP contribution < -0.4 is 5.32 Å². The van der Waals surface area contributed by atoms with Crippen molar-refractivity contribution in [3.8, 4) is 10.4 Å². The van der Waals surface area contributed by atoms with Gasteiger partial charge in [0.25, 0.3) is 0 Å². The van der Waals surface area contributed by atoms with Crippen molar-refractivity contribution >= 4 is 40.5 Å². The highest BCUT2D eigenvalue weighted by Gasteiger charge is 2.44. The number of nitrogens with zero attached hydrogens (tertiary/aromatic N) is 2. The molecule has 9 heteroatoms. The average Bonchev–Trinajstić information content (AvgIpc) is 3.42. The number of thiazole rings is 1. The lowest BCUT2D eigenvalue weighted by molar-refractivity contribution is -0.146. The molecular weight excluding hydrogens is 498 g/mol. The summed E-state index contributed by atoms with van der Waals surface area (Å²) in [6.07, 6.45) is -0.355. The Bertz CT molecular complexity index is 1080. The Morgan fingerprint density at radius 3 is 2.47 bits per heavy atom. The molecule has 1 aliphatic rings. The normalized spacial score (nSPS) is 19.7. The summed E-state index contributed by atoms with van der Waals surface area (Å²) in [5, 5.41) is 13.4. The van der Waals surface area contributed by atoms with Gasteiger partial charge in [0.1, 0.15) is 11.8 Å². The standard InChI is InChI=1S/C27H36ClN3O4S/c1-16(18-6-8-19(9-7-18)24-17(2)29-15-36-24)30-25(34)23-13-21(33)14-31(23)26(35)22(27(3,4)5)12-20(32)10-11-28/h6-9,15-16,21-23,33H,10-14H2,1-5H3,(H,30,34)/t16-,21+,22+,23-/m0/s1. The van der Waals surface area contributed by atoms with Gasteiger partial charge in [0.2, 0.25) is 11.8 Å². The van der Waals surface area contributed by atoms with Crippen LogP contribution >= 0.6 is 22.9 Å². The van der Waals surface area contributed by atoms with Crippen LogP contribution in [0, 0.1) is 18.3 Å². The molecule has 3 rings (SSSR count). The maximum atomic E-state index is 13.6. The number of rotatable bonds is 9. The Morgan fingerprint density at radius 1 is 1.25 bits per heavy atom. The van der Waals surface area contributed by atoms with Gasteiger partial charge in [-0.25, -0.2) is 4.98 Å². The van der Waals surface area contributed by atoms with E-state index in [9.17, 15) is 19.5 Å². The minimum atomic E-state index is -0.791. The summed E-state index contributed by atoms with van der Waals surface area (Å²) in [5.74, 6) is -1.06. The number of aliphatic hydroxyl groups excluding tert-OH is 1. The van der Waals surface area contributed by atoms with Gasteiger partial charge in [-0.3, -0.25) is 14.4 Å². The van der Waals surface area contributed by atoms with Crippen LogP contribution in [0.5, 0.6) is 0 Å². The Kier molecular flexibility index (Phi) is 9.30. The molecule has 2 N–H and O–H groups in total. The number of ketones is 1. The molecule has 4 atom stereocenters. The first kappa shape index (κ1) is 28.3. The SMILES string of the molecule is Cc1ncsc1-c1ccc([C@H](C)NC(=O)[C@@H]2C[C@@H](O)CN2C(=O)[C@@H](CC(=O)CCCl)C(C)(C)C)cc1. The molecule has 1 saturated heterocycles. The third-order valence-corrected chi connectivity index (χ3v) is 7.96. The minimum Gasteiger partial charge on any atom is -0.391 e. The summed E-state index contributed by atoms with van der Waals surface area (Å²) in [6.45, 7) is 9.67. The van der Waals surface area contributed by atoms with Crippen molar-refractivity contribution < 1.29 is 19.5 Å². The molecule has 0 radical (unpaired) electrons. The average molecular weight is 534 g/mol. The molecule has 0 spiro atoms. The van der Waals surface area contributed by atoms with Crippen molar-refractivity contribution in [2.75, 3.05) is 12.4 Å². The number of benzene rings is 1. The quantitative estimate of drug-likeness (QED) is 0.462. The molecule has 1 aromatic carbocycles. The number of Topliss-reactive ketones (excluding diaryl/α,β-unsaturated/α-hetero) is 1. The minimum absolute atomic E-state index is 0.0674. The van der Waals surface area contributed by atoms with Crippen molar-refractivity contribution in [2.45, 2.75) is 72.1 Å². The zero-order valence-corrected chi connectivity index (χ0v) is 23.2. The fourth-order valence-corrected chi connectivity index (χ4v) is 5.62. The number of carbonyl (C=O) groups is 3. The smallest absolute Gasteiger partial charge is 0.243 e. The second kappa shape index (κ2) is 11.8. The summed E-state index contributed by atoms with van der Waals surface area (Å²) < 4.78 is 0. The van der Waals surface area contributed by atoms with E-state index >= 15 is 0 Å². The third-order valence-electron chi connectivity index (χ3n) is 6.79. The first-order valence-electron chi connectivity index (χ1n) is 12.3. The van der Waals surface area contributed by atoms with Crippen LogP contribution in [-0.4, -0.2) is 57.2 Å². The van der Waals surface area contributed by atoms with Crippen molar-refractivity contribution in [3.05, 3.63) is 41.0 Å². The van der Waals surface area contributed by atoms with E-state index in [1.54, 1.807) is 11.3 Å². The molecule has 0 bridgehead atoms. The van der Waals surface area contributed by atoms with E-state index in [0.29, 0.717) is 0 Å². The number of nitrogens with one attached hydrogen (secondary N) is 1. The monoisotopic (exact) mass is 533 g/mol. The molecule has 196 valence electrons. The van der Waals surface area contributed by atoms with Gasteiger partial charge in [-0.05, 0) is 30.4 Å². The molecule has 0 aliphatic carbocycles. The number of likely N-dealkylation sites (tertiary alicyclic amines) is 1. The topological polar surface area (TPSA) is 99.6 Å². The van der Waals surface area contributed by atoms with Crippen LogP contribution in [0.3, 0.4) is 0 Å². The molecule has 2 heterocycles. The van der Waals surface area contributed by atoms with Crippen LogP contribution in [0.25, 0.3) is 10.4 Å². The van der Waals surface area contributed by atoms with Crippen LogP contribution in [-0.2, 0) is 14.4 Å². The molecule has 2 amide bonds. The number of hydrogen-bond donors (Lipinski definition) is 2. The summed E-state index contributed by atoms with van der Waals surface area (Å²) in [6, 6.07) is 6.90. The van der Waals surface area contributed by atoms with Crippen molar-refractivity contribution in [3.63, 3.8) is 0 Å². The number of halogens is 1. The van der Waals surface area contributed by atoms with Gasteiger partial charge in [-0.15, -0.1) is 22.9 Å². The van der Waals surface area contributed by atoms with Crippen LogP contribution in [0.1, 0.15) is 64.3 Å². The Balaban J connectivity index is 1.72. The predicted molar refractivity (Wildman–Crippen MR) is 143 cm³/mol. The number of aromatic nitrogens is 1. The van der Waals surface area contributed by atoms with E-state index in [0.717, 1.165) is 21.7 Å². The first-order valence-corrected chi connectivity index (χ1v) is 13.7. The van der Waals surface area contributed by atoms with Gasteiger partial charge >= 0.3 is 0 Å². The van der Waals surface area contributed by atoms with Crippen LogP contribution in [0.2, 0.25) is 0 Å². The largest absolute Gasteiger partial charge is 0.391 e. The second-order valence-electron chi connectivity index (χ2n) is 10.6. The van der Waals surface area contributed by atoms with E-state index in [1.165, 1.54) is 4.90 Å². The number of alkyl halides is 1. The van der Waals surface area contributed by atoms with E-state index in [4.69, 9.17) is 11.6 Å². The summed E-state index contributed by atoms with van der Waals surface area (Å²) in [5.41, 5.74) is 4.33. The van der Waals surface area contributed by atoms with Crippen LogP contribution in [0.4, 0.5) is 0 Å². The number of aryl methyl sites for hydroxylation is 1. The summed E-state index contributed by atoms with van der Waals surface area (Å²) >= 11 is 7.31. The molecule has 1 fully saturated rings. The zero-order valence-electron chi connectivity index (χ0n) is 21.6. The highest BCUT2D eigenvalue weighted by atomic mass is 35.5. The molecule has 36 heavy (non-hydrogen) atoms. The highest BCUT2D eigenvalue weighted by Crippen LogP contribution is 2.34. The molecule has 7 nitrogen and oxygen atoms in total. The Labute approximate surface area is 222 Å². The maximum absolute atomic E-state index is 13.6. The Hall–Kier alpha value is -2.29. The molecule has 2 aromatic rings. The fourth-order valence-electron chi connectivity index (χ4n) is 4.60. The second-order valence-corrected chi connectivity index (χ2v) is 11.8. The number of carbonyl (C=O) groups excluding carboxylic acids is 3. The maximum Gasteiger partial charge on any atom is 0.243 e. The molecule has 1 aliphatic heterocycles. The zero-order chi connectivity index (χ0) is 26.6. The van der Waals surface area contributed by atoms with Gasteiger partial charge in [0, 0.05) is 37.6 Å². The van der Waals surface area contributed by atoms with Crippen molar-refractivity contribution in [1.29, 1.82) is 0 Å².